The number of Topliss-reactive ketones (excluding diaryl/α,β-unsaturated/α-hetero) is 1. The number of aromatic nitrogens is 2. The van der Waals surface area contributed by atoms with Crippen molar-refractivity contribution in [2.24, 2.45) is 5.41 Å². The van der Waals surface area contributed by atoms with Crippen LogP contribution in [-0.2, 0) is 4.79 Å². The minimum absolute atomic E-state index is 0.0995. The molecule has 3 aromatic carbocycles. The van der Waals surface area contributed by atoms with Crippen LogP contribution < -0.4 is 10.6 Å². The number of hydrogen-bond donors (Lipinski definition) is 2. The second-order valence-electron chi connectivity index (χ2n) is 11.1. The van der Waals surface area contributed by atoms with Crippen LogP contribution in [0.1, 0.15) is 54.2 Å². The van der Waals surface area contributed by atoms with Gasteiger partial charge in [0, 0.05) is 33.2 Å². The van der Waals surface area contributed by atoms with Crippen molar-refractivity contribution in [2.45, 2.75) is 49.6 Å². The molecule has 1 aromatic heterocycles. The summed E-state index contributed by atoms with van der Waals surface area (Å²) in [4.78, 5) is 28.0. The number of anilines is 2. The van der Waals surface area contributed by atoms with Crippen LogP contribution in [0.5, 0.6) is 0 Å². The number of carbonyl (C=O) groups is 2. The molecule has 2 N–H and O–H groups in total. The summed E-state index contributed by atoms with van der Waals surface area (Å²) in [6, 6.07) is 24.4. The summed E-state index contributed by atoms with van der Waals surface area (Å²) >= 11 is 7.71. The molecule has 0 bridgehead atoms. The number of allylic oxidation sites excluding steroid dienone is 2. The quantitative estimate of drug-likeness (QED) is 0.256. The first-order valence-corrected chi connectivity index (χ1v) is 14.4. The highest BCUT2D eigenvalue weighted by Crippen LogP contribution is 2.49. The van der Waals surface area contributed by atoms with Crippen molar-refractivity contribution < 1.29 is 9.59 Å². The van der Waals surface area contributed by atoms with Gasteiger partial charge in [-0.25, -0.2) is 4.68 Å². The molecule has 1 atom stereocenters. The maximum atomic E-state index is 13.6. The molecule has 202 valence electrons. The summed E-state index contributed by atoms with van der Waals surface area (Å²) in [5.74, 6) is 0.525. The summed E-state index contributed by atoms with van der Waals surface area (Å²) < 4.78 is 1.84. The van der Waals surface area contributed by atoms with Gasteiger partial charge in [0.15, 0.2) is 11.6 Å². The van der Waals surface area contributed by atoms with Gasteiger partial charge in [-0.1, -0.05) is 85.2 Å². The molecule has 2 heterocycles. The van der Waals surface area contributed by atoms with Crippen LogP contribution in [0.25, 0.3) is 0 Å². The number of nitrogens with zero attached hydrogens (tertiary/aromatic N) is 2. The molecule has 0 fully saturated rings. The van der Waals surface area contributed by atoms with Crippen LogP contribution in [0.4, 0.5) is 11.5 Å². The molecule has 1 amide bonds. The molecule has 8 heteroatoms. The fourth-order valence-corrected chi connectivity index (χ4v) is 6.38. The van der Waals surface area contributed by atoms with Gasteiger partial charge in [0.25, 0.3) is 5.91 Å². The van der Waals surface area contributed by atoms with E-state index in [0.29, 0.717) is 45.5 Å². The van der Waals surface area contributed by atoms with Gasteiger partial charge in [-0.15, -0.1) is 0 Å². The van der Waals surface area contributed by atoms with E-state index in [1.807, 2.05) is 66.2 Å². The number of benzene rings is 3. The van der Waals surface area contributed by atoms with Crippen LogP contribution in [0, 0.1) is 12.3 Å². The van der Waals surface area contributed by atoms with E-state index in [4.69, 9.17) is 16.7 Å². The van der Waals surface area contributed by atoms with Gasteiger partial charge in [0.1, 0.15) is 16.8 Å². The summed E-state index contributed by atoms with van der Waals surface area (Å²) in [6.45, 7) is 6.26. The Morgan fingerprint density at radius 3 is 2.42 bits per heavy atom. The molecule has 1 unspecified atom stereocenters. The minimum atomic E-state index is -0.452. The fourth-order valence-electron chi connectivity index (χ4n) is 5.38. The standard InChI is InChI=1S/C32H29ClN4O2S/c1-19-9-15-23(16-10-19)40-31-27(35-30(39)21-7-5-4-6-8-21)29-34-24-17-32(2,3)18-25(38)26(24)28(37(29)36-31)20-11-13-22(33)14-12-20/h4-16,28,34H,17-18H2,1-3H3,(H,35,39). The summed E-state index contributed by atoms with van der Waals surface area (Å²) in [5, 5.41) is 13.0. The third-order valence-electron chi connectivity index (χ3n) is 7.28. The van der Waals surface area contributed by atoms with Gasteiger partial charge in [0.05, 0.1) is 0 Å². The van der Waals surface area contributed by atoms with Crippen molar-refractivity contribution in [2.75, 3.05) is 10.6 Å². The third-order valence-corrected chi connectivity index (χ3v) is 8.52. The molecule has 4 aromatic rings. The van der Waals surface area contributed by atoms with Gasteiger partial charge in [-0.2, -0.15) is 5.10 Å². The van der Waals surface area contributed by atoms with Crippen molar-refractivity contribution in [1.82, 2.24) is 9.78 Å². The van der Waals surface area contributed by atoms with E-state index in [-0.39, 0.29) is 17.1 Å². The average molecular weight is 569 g/mol. The number of halogens is 1. The van der Waals surface area contributed by atoms with Gasteiger partial charge in [-0.05, 0) is 60.7 Å². The largest absolute Gasteiger partial charge is 0.342 e. The second-order valence-corrected chi connectivity index (χ2v) is 12.6. The van der Waals surface area contributed by atoms with Gasteiger partial charge >= 0.3 is 0 Å². The highest BCUT2D eigenvalue weighted by molar-refractivity contribution is 7.99. The van der Waals surface area contributed by atoms with Crippen LogP contribution in [0.2, 0.25) is 5.02 Å². The van der Waals surface area contributed by atoms with Crippen molar-refractivity contribution in [3.05, 3.63) is 112 Å². The Labute approximate surface area is 242 Å². The highest BCUT2D eigenvalue weighted by atomic mass is 35.5. The van der Waals surface area contributed by atoms with Crippen molar-refractivity contribution >= 4 is 46.6 Å². The molecule has 40 heavy (non-hydrogen) atoms. The number of rotatable bonds is 5. The van der Waals surface area contributed by atoms with Crippen LogP contribution >= 0.6 is 23.4 Å². The lowest BCUT2D eigenvalue weighted by Gasteiger charge is -2.39. The lowest BCUT2D eigenvalue weighted by Crippen LogP contribution is -2.36. The van der Waals surface area contributed by atoms with E-state index in [1.165, 1.54) is 11.8 Å². The number of aryl methyl sites for hydroxylation is 1. The molecule has 2 aliphatic rings. The molecule has 6 rings (SSSR count). The van der Waals surface area contributed by atoms with Crippen molar-refractivity contribution in [3.63, 3.8) is 0 Å². The Hall–Kier alpha value is -3.81. The summed E-state index contributed by atoms with van der Waals surface area (Å²) in [7, 11) is 0. The first-order chi connectivity index (χ1) is 19.2. The van der Waals surface area contributed by atoms with E-state index in [0.717, 1.165) is 21.7 Å². The number of nitrogens with one attached hydrogen (secondary N) is 2. The van der Waals surface area contributed by atoms with Crippen molar-refractivity contribution in [3.8, 4) is 0 Å². The van der Waals surface area contributed by atoms with Gasteiger partial charge in [0.2, 0.25) is 0 Å². The zero-order chi connectivity index (χ0) is 28.0. The maximum Gasteiger partial charge on any atom is 0.255 e. The lowest BCUT2D eigenvalue weighted by molar-refractivity contribution is -0.118. The Balaban J connectivity index is 1.52. The van der Waals surface area contributed by atoms with Crippen LogP contribution in [0.15, 0.2) is 100 Å². The Bertz CT molecular complexity index is 1640. The Kier molecular flexibility index (Phi) is 6.80. The highest BCUT2D eigenvalue weighted by Gasteiger charge is 2.42. The van der Waals surface area contributed by atoms with E-state index in [1.54, 1.807) is 12.1 Å². The van der Waals surface area contributed by atoms with Crippen LogP contribution in [0.3, 0.4) is 0 Å². The van der Waals surface area contributed by atoms with E-state index >= 15 is 0 Å². The summed E-state index contributed by atoms with van der Waals surface area (Å²) in [6.07, 6.45) is 1.16. The predicted molar refractivity (Wildman–Crippen MR) is 160 cm³/mol. The topological polar surface area (TPSA) is 76.0 Å². The lowest BCUT2D eigenvalue weighted by atomic mass is 9.73. The first-order valence-electron chi connectivity index (χ1n) is 13.2. The third kappa shape index (κ3) is 5.07. The summed E-state index contributed by atoms with van der Waals surface area (Å²) in [5.41, 5.74) is 4.59. The monoisotopic (exact) mass is 568 g/mol. The Morgan fingerprint density at radius 1 is 1.02 bits per heavy atom. The normalized spacial score (nSPS) is 17.6. The molecular weight excluding hydrogens is 540 g/mol. The average Bonchev–Trinajstić information content (AvgIpc) is 3.25. The molecule has 0 radical (unpaired) electrons. The number of fused-ring (bicyclic) bond motifs is 1. The minimum Gasteiger partial charge on any atom is -0.342 e. The molecule has 1 aliphatic heterocycles. The first kappa shape index (κ1) is 26.4. The molecule has 6 nitrogen and oxygen atoms in total. The number of hydrogen-bond acceptors (Lipinski definition) is 5. The van der Waals surface area contributed by atoms with Crippen LogP contribution in [-0.4, -0.2) is 21.5 Å². The molecular formula is C32H29ClN4O2S. The number of amides is 1. The number of ketones is 1. The zero-order valence-electron chi connectivity index (χ0n) is 22.5. The maximum absolute atomic E-state index is 13.6. The fraction of sp³-hybridized carbons (Fsp3) is 0.219. The second kappa shape index (κ2) is 10.3. The van der Waals surface area contributed by atoms with Gasteiger partial charge < -0.3 is 10.6 Å². The smallest absolute Gasteiger partial charge is 0.255 e. The SMILES string of the molecule is Cc1ccc(Sc2nn3c(c2NC(=O)c2ccccc2)NC2=C(C(=O)CC(C)(C)C2)C3c2ccc(Cl)cc2)cc1. The molecule has 0 saturated heterocycles. The molecule has 1 aliphatic carbocycles. The van der Waals surface area contributed by atoms with E-state index in [9.17, 15) is 9.59 Å². The number of carbonyl (C=O) groups excluding carboxylic acids is 2. The molecule has 0 spiro atoms. The van der Waals surface area contributed by atoms with E-state index in [2.05, 4.69) is 36.6 Å². The predicted octanol–water partition coefficient (Wildman–Crippen LogP) is 7.91. The Morgan fingerprint density at radius 2 is 1.73 bits per heavy atom. The zero-order valence-corrected chi connectivity index (χ0v) is 24.1. The van der Waals surface area contributed by atoms with E-state index < -0.39 is 6.04 Å². The van der Waals surface area contributed by atoms with Gasteiger partial charge in [-0.3, -0.25) is 9.59 Å². The van der Waals surface area contributed by atoms with Crippen molar-refractivity contribution in [1.29, 1.82) is 0 Å². The molecule has 0 saturated carbocycles.